The van der Waals surface area contributed by atoms with Crippen molar-refractivity contribution < 1.29 is 14.6 Å². The van der Waals surface area contributed by atoms with Gasteiger partial charge in [-0.3, -0.25) is 4.79 Å². The summed E-state index contributed by atoms with van der Waals surface area (Å²) in [6.07, 6.45) is 0. The second-order valence-corrected chi connectivity index (χ2v) is 4.19. The molecule has 1 N–H and O–H groups in total. The lowest BCUT2D eigenvalue weighted by molar-refractivity contribution is 0.0694. The van der Waals surface area contributed by atoms with E-state index >= 15 is 0 Å². The molecule has 0 spiro atoms. The number of carboxylic acids is 1. The molecule has 5 heteroatoms. The minimum absolute atomic E-state index is 0.231. The van der Waals surface area contributed by atoms with Crippen LogP contribution in [0.4, 0.5) is 0 Å². The van der Waals surface area contributed by atoms with Crippen molar-refractivity contribution in [2.75, 3.05) is 7.11 Å². The third-order valence-electron chi connectivity index (χ3n) is 3.10. The zero-order valence-corrected chi connectivity index (χ0v) is 11.3. The van der Waals surface area contributed by atoms with Crippen LogP contribution in [0.2, 0.25) is 0 Å². The van der Waals surface area contributed by atoms with Gasteiger partial charge in [-0.2, -0.15) is 0 Å². The van der Waals surface area contributed by atoms with Crippen LogP contribution in [0.15, 0.2) is 41.2 Å². The molecule has 0 aliphatic carbocycles. The van der Waals surface area contributed by atoms with Gasteiger partial charge in [0.15, 0.2) is 0 Å². The molecule has 0 aliphatic heterocycles. The Bertz CT molecular complexity index is 703. The third-order valence-corrected chi connectivity index (χ3v) is 3.10. The summed E-state index contributed by atoms with van der Waals surface area (Å²) in [5, 5.41) is 9.01. The summed E-state index contributed by atoms with van der Waals surface area (Å²) < 4.78 is 6.72. The SMILES string of the molecule is CCn1c(-c2ccccc2OC)ccc(C(=O)O)c1=O. The van der Waals surface area contributed by atoms with Gasteiger partial charge in [0.2, 0.25) is 0 Å². The van der Waals surface area contributed by atoms with E-state index in [-0.39, 0.29) is 5.56 Å². The standard InChI is InChI=1S/C15H15NO4/c1-3-16-12(9-8-11(14(16)17)15(18)19)10-6-4-5-7-13(10)20-2/h4-9H,3H2,1-2H3,(H,18,19). The Morgan fingerprint density at radius 1 is 1.25 bits per heavy atom. The summed E-state index contributed by atoms with van der Waals surface area (Å²) in [6, 6.07) is 10.3. The van der Waals surface area contributed by atoms with Gasteiger partial charge in [-0.15, -0.1) is 0 Å². The van der Waals surface area contributed by atoms with E-state index in [1.165, 1.54) is 10.6 Å². The predicted octanol–water partition coefficient (Wildman–Crippen LogP) is 2.24. The van der Waals surface area contributed by atoms with Crippen molar-refractivity contribution in [1.82, 2.24) is 4.57 Å². The van der Waals surface area contributed by atoms with E-state index in [0.717, 1.165) is 5.56 Å². The number of methoxy groups -OCH3 is 1. The van der Waals surface area contributed by atoms with Crippen LogP contribution in [-0.2, 0) is 6.54 Å². The number of carboxylic acid groups (broad SMARTS) is 1. The predicted molar refractivity (Wildman–Crippen MR) is 75.3 cm³/mol. The zero-order valence-electron chi connectivity index (χ0n) is 11.3. The molecule has 1 heterocycles. The first-order valence-corrected chi connectivity index (χ1v) is 6.20. The third kappa shape index (κ3) is 2.30. The van der Waals surface area contributed by atoms with Crippen LogP contribution in [-0.4, -0.2) is 22.8 Å². The van der Waals surface area contributed by atoms with Crippen LogP contribution >= 0.6 is 0 Å². The van der Waals surface area contributed by atoms with E-state index in [1.54, 1.807) is 26.2 Å². The second kappa shape index (κ2) is 5.61. The van der Waals surface area contributed by atoms with Crippen LogP contribution < -0.4 is 10.3 Å². The highest BCUT2D eigenvalue weighted by molar-refractivity contribution is 5.87. The first kappa shape index (κ1) is 13.9. The molecule has 0 unspecified atom stereocenters. The van der Waals surface area contributed by atoms with Crippen LogP contribution in [0, 0.1) is 0 Å². The van der Waals surface area contributed by atoms with E-state index in [1.807, 2.05) is 18.2 Å². The lowest BCUT2D eigenvalue weighted by Crippen LogP contribution is -2.26. The smallest absolute Gasteiger partial charge is 0.341 e. The van der Waals surface area contributed by atoms with E-state index in [9.17, 15) is 9.59 Å². The number of aromatic nitrogens is 1. The zero-order chi connectivity index (χ0) is 14.7. The molecule has 0 saturated carbocycles. The van der Waals surface area contributed by atoms with Crippen molar-refractivity contribution in [3.8, 4) is 17.0 Å². The average molecular weight is 273 g/mol. The van der Waals surface area contributed by atoms with Crippen LogP contribution in [0.3, 0.4) is 0 Å². The fraction of sp³-hybridized carbons (Fsp3) is 0.200. The Kier molecular flexibility index (Phi) is 3.89. The molecule has 104 valence electrons. The number of para-hydroxylation sites is 1. The molecule has 0 amide bonds. The number of hydrogen-bond acceptors (Lipinski definition) is 3. The van der Waals surface area contributed by atoms with Gasteiger partial charge >= 0.3 is 5.97 Å². The molecule has 1 aromatic carbocycles. The maximum Gasteiger partial charge on any atom is 0.341 e. The minimum atomic E-state index is -1.22. The van der Waals surface area contributed by atoms with Gasteiger partial charge in [0.05, 0.1) is 12.8 Å². The van der Waals surface area contributed by atoms with Crippen molar-refractivity contribution in [1.29, 1.82) is 0 Å². The topological polar surface area (TPSA) is 68.5 Å². The highest BCUT2D eigenvalue weighted by Gasteiger charge is 2.15. The number of pyridine rings is 1. The van der Waals surface area contributed by atoms with Crippen LogP contribution in [0.1, 0.15) is 17.3 Å². The van der Waals surface area contributed by atoms with Gasteiger partial charge in [-0.1, -0.05) is 12.1 Å². The summed E-state index contributed by atoms with van der Waals surface area (Å²) >= 11 is 0. The van der Waals surface area contributed by atoms with Gasteiger partial charge in [0.25, 0.3) is 5.56 Å². The van der Waals surface area contributed by atoms with Gasteiger partial charge in [-0.25, -0.2) is 4.79 Å². The lowest BCUT2D eigenvalue weighted by Gasteiger charge is -2.14. The van der Waals surface area contributed by atoms with Crippen molar-refractivity contribution in [2.45, 2.75) is 13.5 Å². The van der Waals surface area contributed by atoms with E-state index in [2.05, 4.69) is 0 Å². The number of hydrogen-bond donors (Lipinski definition) is 1. The Labute approximate surface area is 116 Å². The molecule has 5 nitrogen and oxygen atoms in total. The number of rotatable bonds is 4. The van der Waals surface area contributed by atoms with Gasteiger partial charge in [-0.05, 0) is 31.2 Å². The van der Waals surface area contributed by atoms with Crippen molar-refractivity contribution in [3.63, 3.8) is 0 Å². The largest absolute Gasteiger partial charge is 0.496 e. The molecule has 0 atom stereocenters. The maximum absolute atomic E-state index is 12.2. The van der Waals surface area contributed by atoms with Gasteiger partial charge < -0.3 is 14.4 Å². The van der Waals surface area contributed by atoms with Crippen LogP contribution in [0.25, 0.3) is 11.3 Å². The fourth-order valence-corrected chi connectivity index (χ4v) is 2.15. The van der Waals surface area contributed by atoms with Gasteiger partial charge in [0.1, 0.15) is 11.3 Å². The normalized spacial score (nSPS) is 10.3. The summed E-state index contributed by atoms with van der Waals surface area (Å²) in [7, 11) is 1.55. The Morgan fingerprint density at radius 2 is 1.95 bits per heavy atom. The molecular weight excluding hydrogens is 258 g/mol. The van der Waals surface area contributed by atoms with Crippen molar-refractivity contribution in [3.05, 3.63) is 52.3 Å². The molecule has 0 radical (unpaired) electrons. The van der Waals surface area contributed by atoms with Gasteiger partial charge in [0, 0.05) is 12.1 Å². The van der Waals surface area contributed by atoms with Crippen LogP contribution in [0.5, 0.6) is 5.75 Å². The molecular formula is C15H15NO4. The van der Waals surface area contributed by atoms with Crippen molar-refractivity contribution >= 4 is 5.97 Å². The van der Waals surface area contributed by atoms with E-state index in [4.69, 9.17) is 9.84 Å². The highest BCUT2D eigenvalue weighted by atomic mass is 16.5. The number of ether oxygens (including phenoxy) is 1. The minimum Gasteiger partial charge on any atom is -0.496 e. The highest BCUT2D eigenvalue weighted by Crippen LogP contribution is 2.28. The van der Waals surface area contributed by atoms with Crippen molar-refractivity contribution in [2.24, 2.45) is 0 Å². The number of benzene rings is 1. The molecule has 2 aromatic rings. The molecule has 0 aliphatic rings. The molecule has 2 rings (SSSR count). The quantitative estimate of drug-likeness (QED) is 0.927. The summed E-state index contributed by atoms with van der Waals surface area (Å²) in [5.41, 5.74) is 0.653. The lowest BCUT2D eigenvalue weighted by atomic mass is 10.1. The number of carbonyl (C=O) groups is 1. The Balaban J connectivity index is 2.73. The fourth-order valence-electron chi connectivity index (χ4n) is 2.15. The summed E-state index contributed by atoms with van der Waals surface area (Å²) in [5.74, 6) is -0.582. The molecule has 0 saturated heterocycles. The molecule has 0 fully saturated rings. The first-order valence-electron chi connectivity index (χ1n) is 6.20. The number of aromatic carboxylic acids is 1. The monoisotopic (exact) mass is 273 g/mol. The van der Waals surface area contributed by atoms with E-state index in [0.29, 0.717) is 18.0 Å². The molecule has 1 aromatic heterocycles. The number of nitrogens with zero attached hydrogens (tertiary/aromatic N) is 1. The summed E-state index contributed by atoms with van der Waals surface area (Å²) in [4.78, 5) is 23.2. The first-order chi connectivity index (χ1) is 9.60. The maximum atomic E-state index is 12.2. The Hall–Kier alpha value is -2.56. The Morgan fingerprint density at radius 3 is 2.55 bits per heavy atom. The molecule has 20 heavy (non-hydrogen) atoms. The molecule has 0 bridgehead atoms. The second-order valence-electron chi connectivity index (χ2n) is 4.19. The summed E-state index contributed by atoms with van der Waals surface area (Å²) in [6.45, 7) is 2.18. The van der Waals surface area contributed by atoms with E-state index < -0.39 is 11.5 Å². The average Bonchev–Trinajstić information content (AvgIpc) is 2.46.